The van der Waals surface area contributed by atoms with Crippen molar-refractivity contribution in [2.45, 2.75) is 46.0 Å². The molecule has 0 bridgehead atoms. The van der Waals surface area contributed by atoms with Crippen LogP contribution in [0.15, 0.2) is 17.7 Å². The van der Waals surface area contributed by atoms with E-state index in [1.54, 1.807) is 0 Å². The molecule has 0 radical (unpaired) electrons. The summed E-state index contributed by atoms with van der Waals surface area (Å²) in [6.07, 6.45) is 9.91. The average Bonchev–Trinajstić information content (AvgIpc) is 2.10. The molecule has 0 aromatic carbocycles. The second kappa shape index (κ2) is 8.29. The molecule has 0 atom stereocenters. The molecule has 0 saturated heterocycles. The smallest absolute Gasteiger partial charge is 0.123 e. The van der Waals surface area contributed by atoms with E-state index in [2.05, 4.69) is 12.2 Å². The molecule has 0 amide bonds. The van der Waals surface area contributed by atoms with E-state index in [-0.39, 0.29) is 0 Å². The fraction of sp³-hybridized carbons (Fsp3) is 0.636. The molecular weight excluding hydrogens is 148 g/mol. The van der Waals surface area contributed by atoms with Crippen LogP contribution >= 0.6 is 0 Å². The Hall–Kier alpha value is -0.810. The van der Waals surface area contributed by atoms with E-state index in [0.29, 0.717) is 0 Å². The molecule has 12 heavy (non-hydrogen) atoms. The number of hydrogen-bond donors (Lipinski definition) is 0. The van der Waals surface area contributed by atoms with Gasteiger partial charge in [-0.3, -0.25) is 0 Å². The van der Waals surface area contributed by atoms with Crippen molar-refractivity contribution < 1.29 is 4.79 Å². The molecule has 68 valence electrons. The van der Waals surface area contributed by atoms with Crippen LogP contribution in [-0.2, 0) is 4.79 Å². The van der Waals surface area contributed by atoms with E-state index in [9.17, 15) is 4.79 Å². The van der Waals surface area contributed by atoms with E-state index < -0.39 is 0 Å². The van der Waals surface area contributed by atoms with Gasteiger partial charge in [0.05, 0.1) is 0 Å². The van der Waals surface area contributed by atoms with Crippen molar-refractivity contribution in [3.63, 3.8) is 0 Å². The van der Waals surface area contributed by atoms with Crippen molar-refractivity contribution in [2.75, 3.05) is 0 Å². The predicted octanol–water partition coefficient (Wildman–Crippen LogP) is 3.29. The van der Waals surface area contributed by atoms with Crippen molar-refractivity contribution in [1.82, 2.24) is 0 Å². The number of unbranched alkanes of at least 4 members (excludes halogenated alkanes) is 3. The van der Waals surface area contributed by atoms with Crippen LogP contribution in [0.5, 0.6) is 0 Å². The minimum absolute atomic E-state index is 0.848. The Morgan fingerprint density at radius 2 is 2.08 bits per heavy atom. The molecule has 0 aliphatic carbocycles. The van der Waals surface area contributed by atoms with E-state index in [0.717, 1.165) is 18.4 Å². The first-order valence-electron chi connectivity index (χ1n) is 4.63. The van der Waals surface area contributed by atoms with Crippen LogP contribution in [0.1, 0.15) is 46.0 Å². The minimum Gasteiger partial charge on any atom is -0.234 e. The molecule has 0 unspecified atom stereocenters. The van der Waals surface area contributed by atoms with Crippen molar-refractivity contribution in [2.24, 2.45) is 0 Å². The van der Waals surface area contributed by atoms with Crippen molar-refractivity contribution in [3.8, 4) is 0 Å². The third-order valence-corrected chi connectivity index (χ3v) is 1.83. The Bertz CT molecular complexity index is 173. The minimum atomic E-state index is 0.848. The Morgan fingerprint density at radius 3 is 2.67 bits per heavy atom. The van der Waals surface area contributed by atoms with Crippen LogP contribution in [-0.4, -0.2) is 5.94 Å². The maximum absolute atomic E-state index is 10.1. The summed E-state index contributed by atoms with van der Waals surface area (Å²) in [6.45, 7) is 3.89. The quantitative estimate of drug-likeness (QED) is 0.336. The maximum atomic E-state index is 10.1. The monoisotopic (exact) mass is 166 g/mol. The van der Waals surface area contributed by atoms with Gasteiger partial charge in [0, 0.05) is 5.57 Å². The zero-order valence-electron chi connectivity index (χ0n) is 8.10. The number of carbonyl (C=O) groups excluding carboxylic acids is 1. The van der Waals surface area contributed by atoms with Gasteiger partial charge in [0.15, 0.2) is 0 Å². The summed E-state index contributed by atoms with van der Waals surface area (Å²) >= 11 is 0. The lowest BCUT2D eigenvalue weighted by atomic mass is 10.1. The van der Waals surface area contributed by atoms with Crippen LogP contribution in [0, 0.1) is 0 Å². The van der Waals surface area contributed by atoms with Gasteiger partial charge < -0.3 is 0 Å². The number of rotatable bonds is 6. The predicted molar refractivity (Wildman–Crippen MR) is 52.8 cm³/mol. The Balaban J connectivity index is 3.16. The van der Waals surface area contributed by atoms with E-state index >= 15 is 0 Å². The zero-order chi connectivity index (χ0) is 9.23. The van der Waals surface area contributed by atoms with Gasteiger partial charge in [0.25, 0.3) is 0 Å². The van der Waals surface area contributed by atoms with E-state index in [4.69, 9.17) is 0 Å². The fourth-order valence-electron chi connectivity index (χ4n) is 1.05. The molecule has 0 N–H and O–H groups in total. The first-order chi connectivity index (χ1) is 5.81. The Labute approximate surface area is 75.2 Å². The summed E-state index contributed by atoms with van der Waals surface area (Å²) in [4.78, 5) is 10.1. The van der Waals surface area contributed by atoms with Gasteiger partial charge in [-0.05, 0) is 39.5 Å². The molecule has 0 saturated carbocycles. The van der Waals surface area contributed by atoms with E-state index in [1.807, 2.05) is 19.8 Å². The maximum Gasteiger partial charge on any atom is 0.123 e. The Morgan fingerprint density at radius 1 is 1.33 bits per heavy atom. The summed E-state index contributed by atoms with van der Waals surface area (Å²) in [5.74, 6) is 1.92. The first-order valence-corrected chi connectivity index (χ1v) is 4.63. The molecule has 0 aliphatic heterocycles. The molecule has 0 spiro atoms. The summed E-state index contributed by atoms with van der Waals surface area (Å²) in [6, 6.07) is 0. The lowest BCUT2D eigenvalue weighted by Gasteiger charge is -1.96. The van der Waals surface area contributed by atoms with Gasteiger partial charge in [0.2, 0.25) is 0 Å². The lowest BCUT2D eigenvalue weighted by Crippen LogP contribution is -1.80. The molecule has 0 aromatic rings. The number of allylic oxidation sites excluding steroid dienone is 3. The van der Waals surface area contributed by atoms with Gasteiger partial charge in [0.1, 0.15) is 5.94 Å². The van der Waals surface area contributed by atoms with Crippen LogP contribution in [0.4, 0.5) is 0 Å². The highest BCUT2D eigenvalue weighted by atomic mass is 16.1. The second-order valence-corrected chi connectivity index (χ2v) is 3.05. The standard InChI is InChI=1S/C11H18O/c1-3-4-5-6-7-8-9-11(2)10-12/h3-4H,5-9H2,1-2H3/b4-3+. The molecular formula is C11H18O. The normalized spacial score (nSPS) is 10.2. The van der Waals surface area contributed by atoms with Gasteiger partial charge in [-0.2, -0.15) is 0 Å². The largest absolute Gasteiger partial charge is 0.234 e. The second-order valence-electron chi connectivity index (χ2n) is 3.05. The molecule has 1 nitrogen and oxygen atoms in total. The molecule has 0 aliphatic rings. The van der Waals surface area contributed by atoms with Crippen LogP contribution in [0.25, 0.3) is 0 Å². The lowest BCUT2D eigenvalue weighted by molar-refractivity contribution is 0.565. The van der Waals surface area contributed by atoms with Crippen LogP contribution in [0.3, 0.4) is 0 Å². The van der Waals surface area contributed by atoms with Crippen molar-refractivity contribution in [3.05, 3.63) is 17.7 Å². The summed E-state index contributed by atoms with van der Waals surface area (Å²) < 4.78 is 0. The third kappa shape index (κ3) is 7.30. The van der Waals surface area contributed by atoms with Gasteiger partial charge >= 0.3 is 0 Å². The molecule has 0 aromatic heterocycles. The van der Waals surface area contributed by atoms with E-state index in [1.165, 1.54) is 19.3 Å². The molecule has 0 rings (SSSR count). The molecule has 1 heteroatoms. The average molecular weight is 166 g/mol. The highest BCUT2D eigenvalue weighted by Crippen LogP contribution is 2.07. The first kappa shape index (κ1) is 11.2. The third-order valence-electron chi connectivity index (χ3n) is 1.83. The fourth-order valence-corrected chi connectivity index (χ4v) is 1.05. The van der Waals surface area contributed by atoms with Crippen molar-refractivity contribution in [1.29, 1.82) is 0 Å². The topological polar surface area (TPSA) is 17.1 Å². The van der Waals surface area contributed by atoms with Crippen LogP contribution in [0.2, 0.25) is 0 Å². The van der Waals surface area contributed by atoms with Gasteiger partial charge in [-0.15, -0.1) is 0 Å². The summed E-state index contributed by atoms with van der Waals surface area (Å²) in [5.41, 5.74) is 0.848. The Kier molecular flexibility index (Phi) is 7.73. The zero-order valence-corrected chi connectivity index (χ0v) is 8.10. The van der Waals surface area contributed by atoms with Crippen LogP contribution < -0.4 is 0 Å². The highest BCUT2D eigenvalue weighted by molar-refractivity contribution is 5.50. The summed E-state index contributed by atoms with van der Waals surface area (Å²) in [7, 11) is 0. The van der Waals surface area contributed by atoms with Gasteiger partial charge in [-0.1, -0.05) is 18.6 Å². The molecule has 0 fully saturated rings. The van der Waals surface area contributed by atoms with Crippen molar-refractivity contribution >= 4 is 5.94 Å². The SMILES string of the molecule is C/C=C/CCCCCC(C)=C=O. The summed E-state index contributed by atoms with van der Waals surface area (Å²) in [5, 5.41) is 0. The highest BCUT2D eigenvalue weighted by Gasteiger charge is 1.90. The molecule has 0 heterocycles. The van der Waals surface area contributed by atoms with Gasteiger partial charge in [-0.25, -0.2) is 4.79 Å². The number of hydrogen-bond acceptors (Lipinski definition) is 1.